The standard InChI is InChI=1S/C25H21FN2O3/c1-2-22-24(17-5-11-20(29)12-6-17)27-28-25(22,18-7-13-21(30)14-8-18)15-23(31)16-3-9-19(26)10-4-16/h3-14,29-30H,2,15H2,1H3. The molecule has 0 aliphatic carbocycles. The molecule has 3 aromatic carbocycles. The van der Waals surface area contributed by atoms with E-state index in [0.717, 1.165) is 16.7 Å². The lowest BCUT2D eigenvalue weighted by Gasteiger charge is -2.28. The molecule has 1 aliphatic heterocycles. The number of rotatable bonds is 6. The molecule has 1 unspecified atom stereocenters. The first-order chi connectivity index (χ1) is 14.9. The number of carbonyl (C=O) groups is 1. The molecule has 1 atom stereocenters. The van der Waals surface area contributed by atoms with Crippen LogP contribution in [0.5, 0.6) is 11.5 Å². The molecule has 5 nitrogen and oxygen atoms in total. The van der Waals surface area contributed by atoms with Crippen LogP contribution in [0.1, 0.15) is 41.3 Å². The van der Waals surface area contributed by atoms with Gasteiger partial charge in [-0.15, -0.1) is 0 Å². The molecule has 1 aliphatic rings. The van der Waals surface area contributed by atoms with Crippen LogP contribution < -0.4 is 0 Å². The number of azo groups is 1. The minimum absolute atomic E-state index is 0.0116. The van der Waals surface area contributed by atoms with Crippen LogP contribution in [0.15, 0.2) is 88.6 Å². The highest BCUT2D eigenvalue weighted by molar-refractivity contribution is 5.97. The summed E-state index contributed by atoms with van der Waals surface area (Å²) in [5.41, 5.74) is 2.38. The Morgan fingerprint density at radius 3 is 2.06 bits per heavy atom. The number of hydrogen-bond acceptors (Lipinski definition) is 5. The van der Waals surface area contributed by atoms with Crippen molar-refractivity contribution < 1.29 is 19.4 Å². The Hall–Kier alpha value is -3.80. The van der Waals surface area contributed by atoms with E-state index in [1.54, 1.807) is 48.5 Å². The second-order valence-electron chi connectivity index (χ2n) is 7.44. The molecule has 0 amide bonds. The average molecular weight is 416 g/mol. The van der Waals surface area contributed by atoms with Gasteiger partial charge >= 0.3 is 0 Å². The van der Waals surface area contributed by atoms with Gasteiger partial charge in [-0.1, -0.05) is 19.1 Å². The summed E-state index contributed by atoms with van der Waals surface area (Å²) in [5.74, 6) is -0.341. The summed E-state index contributed by atoms with van der Waals surface area (Å²) in [6.45, 7) is 1.98. The van der Waals surface area contributed by atoms with Crippen LogP contribution in [-0.2, 0) is 5.54 Å². The van der Waals surface area contributed by atoms with E-state index in [1.807, 2.05) is 6.92 Å². The largest absolute Gasteiger partial charge is 0.508 e. The van der Waals surface area contributed by atoms with Gasteiger partial charge in [0.25, 0.3) is 0 Å². The third-order valence-electron chi connectivity index (χ3n) is 5.53. The van der Waals surface area contributed by atoms with Gasteiger partial charge in [-0.05, 0) is 78.2 Å². The Morgan fingerprint density at radius 2 is 1.48 bits per heavy atom. The predicted octanol–water partition coefficient (Wildman–Crippen LogP) is 5.99. The molecule has 0 fully saturated rings. The summed E-state index contributed by atoms with van der Waals surface area (Å²) in [5, 5.41) is 28.4. The molecule has 0 radical (unpaired) electrons. The summed E-state index contributed by atoms with van der Waals surface area (Å²) < 4.78 is 13.3. The minimum atomic E-state index is -1.04. The van der Waals surface area contributed by atoms with Crippen molar-refractivity contribution in [3.8, 4) is 11.5 Å². The van der Waals surface area contributed by atoms with Crippen LogP contribution in [0, 0.1) is 5.82 Å². The molecule has 156 valence electrons. The van der Waals surface area contributed by atoms with Crippen molar-refractivity contribution in [1.29, 1.82) is 0 Å². The number of benzene rings is 3. The summed E-state index contributed by atoms with van der Waals surface area (Å²) in [6.07, 6.45) is 0.596. The summed E-state index contributed by atoms with van der Waals surface area (Å²) in [7, 11) is 0. The van der Waals surface area contributed by atoms with Crippen LogP contribution in [-0.4, -0.2) is 16.0 Å². The molecule has 1 heterocycles. The van der Waals surface area contributed by atoms with Gasteiger partial charge < -0.3 is 10.2 Å². The number of aromatic hydroxyl groups is 2. The number of carbonyl (C=O) groups excluding carboxylic acids is 1. The first-order valence-electron chi connectivity index (χ1n) is 9.97. The zero-order valence-corrected chi connectivity index (χ0v) is 16.9. The average Bonchev–Trinajstić information content (AvgIpc) is 3.14. The quantitative estimate of drug-likeness (QED) is 0.484. The molecule has 6 heteroatoms. The lowest BCUT2D eigenvalue weighted by molar-refractivity contribution is 0.0958. The number of ketones is 1. The van der Waals surface area contributed by atoms with Crippen molar-refractivity contribution in [2.75, 3.05) is 0 Å². The van der Waals surface area contributed by atoms with Crippen LogP contribution in [0.4, 0.5) is 4.39 Å². The molecule has 0 aromatic heterocycles. The number of Topliss-reactive ketones (excluding diaryl/α,β-unsaturated/α-hetero) is 1. The van der Waals surface area contributed by atoms with Crippen molar-refractivity contribution >= 4 is 11.5 Å². The summed E-state index contributed by atoms with van der Waals surface area (Å²) in [4.78, 5) is 13.2. The molecule has 0 bridgehead atoms. The van der Waals surface area contributed by atoms with Gasteiger partial charge in [0.1, 0.15) is 22.9 Å². The Labute approximate surface area is 179 Å². The van der Waals surface area contributed by atoms with Crippen LogP contribution in [0.3, 0.4) is 0 Å². The van der Waals surface area contributed by atoms with Crippen LogP contribution >= 0.6 is 0 Å². The van der Waals surface area contributed by atoms with Crippen molar-refractivity contribution in [3.63, 3.8) is 0 Å². The van der Waals surface area contributed by atoms with Crippen molar-refractivity contribution in [2.45, 2.75) is 25.3 Å². The predicted molar refractivity (Wildman–Crippen MR) is 115 cm³/mol. The van der Waals surface area contributed by atoms with Crippen molar-refractivity contribution in [3.05, 3.63) is 101 Å². The second-order valence-corrected chi connectivity index (χ2v) is 7.44. The van der Waals surface area contributed by atoms with E-state index in [-0.39, 0.29) is 23.7 Å². The normalized spacial score (nSPS) is 17.9. The van der Waals surface area contributed by atoms with Gasteiger partial charge in [0.2, 0.25) is 0 Å². The second kappa shape index (κ2) is 8.14. The van der Waals surface area contributed by atoms with Gasteiger partial charge in [-0.25, -0.2) is 4.39 Å². The van der Waals surface area contributed by atoms with E-state index in [1.165, 1.54) is 24.3 Å². The third kappa shape index (κ3) is 3.84. The minimum Gasteiger partial charge on any atom is -0.508 e. The highest BCUT2D eigenvalue weighted by Gasteiger charge is 2.43. The van der Waals surface area contributed by atoms with Gasteiger partial charge in [-0.3, -0.25) is 4.79 Å². The summed E-state index contributed by atoms with van der Waals surface area (Å²) >= 11 is 0. The molecule has 3 aromatic rings. The first-order valence-corrected chi connectivity index (χ1v) is 9.97. The van der Waals surface area contributed by atoms with Crippen molar-refractivity contribution in [2.24, 2.45) is 10.2 Å². The van der Waals surface area contributed by atoms with E-state index < -0.39 is 11.4 Å². The van der Waals surface area contributed by atoms with E-state index in [4.69, 9.17) is 0 Å². The molecule has 0 saturated carbocycles. The third-order valence-corrected chi connectivity index (χ3v) is 5.53. The lowest BCUT2D eigenvalue weighted by Crippen LogP contribution is -2.28. The Morgan fingerprint density at radius 1 is 0.903 bits per heavy atom. The zero-order valence-electron chi connectivity index (χ0n) is 16.9. The number of phenols is 2. The fourth-order valence-corrected chi connectivity index (χ4v) is 3.95. The molecule has 4 rings (SSSR count). The maximum atomic E-state index is 13.3. The maximum absolute atomic E-state index is 13.3. The Bertz CT molecular complexity index is 1170. The van der Waals surface area contributed by atoms with Gasteiger partial charge in [0, 0.05) is 17.5 Å². The fourth-order valence-electron chi connectivity index (χ4n) is 3.95. The summed E-state index contributed by atoms with van der Waals surface area (Å²) in [6, 6.07) is 18.7. The van der Waals surface area contributed by atoms with E-state index in [9.17, 15) is 19.4 Å². The first kappa shape index (κ1) is 20.5. The van der Waals surface area contributed by atoms with Gasteiger partial charge in [-0.2, -0.15) is 10.2 Å². The number of hydrogen-bond donors (Lipinski definition) is 2. The zero-order chi connectivity index (χ0) is 22.0. The highest BCUT2D eigenvalue weighted by atomic mass is 19.1. The maximum Gasteiger partial charge on any atom is 0.166 e. The molecule has 2 N–H and O–H groups in total. The van der Waals surface area contributed by atoms with Crippen LogP contribution in [0.2, 0.25) is 0 Å². The molecular weight excluding hydrogens is 395 g/mol. The smallest absolute Gasteiger partial charge is 0.166 e. The van der Waals surface area contributed by atoms with Crippen LogP contribution in [0.25, 0.3) is 5.70 Å². The number of nitrogens with zero attached hydrogens (tertiary/aromatic N) is 2. The molecule has 0 spiro atoms. The number of phenolic OH excluding ortho intramolecular Hbond substituents is 2. The Balaban J connectivity index is 1.84. The fraction of sp³-hybridized carbons (Fsp3) is 0.160. The van der Waals surface area contributed by atoms with Gasteiger partial charge in [0.15, 0.2) is 5.78 Å². The Kier molecular flexibility index (Phi) is 5.38. The lowest BCUT2D eigenvalue weighted by atomic mass is 9.76. The molecule has 0 saturated heterocycles. The van der Waals surface area contributed by atoms with E-state index in [0.29, 0.717) is 17.7 Å². The number of halogens is 1. The topological polar surface area (TPSA) is 82.2 Å². The molecule has 31 heavy (non-hydrogen) atoms. The van der Waals surface area contributed by atoms with Crippen molar-refractivity contribution in [1.82, 2.24) is 0 Å². The molecular formula is C25H21FN2O3. The van der Waals surface area contributed by atoms with Gasteiger partial charge in [0.05, 0.1) is 5.70 Å². The SMILES string of the molecule is CCC1=C(c2ccc(O)cc2)N=NC1(CC(=O)c1ccc(F)cc1)c1ccc(O)cc1. The highest BCUT2D eigenvalue weighted by Crippen LogP contribution is 2.49. The van der Waals surface area contributed by atoms with E-state index in [2.05, 4.69) is 10.2 Å². The monoisotopic (exact) mass is 416 g/mol. The van der Waals surface area contributed by atoms with E-state index >= 15 is 0 Å².